The molecule has 2 unspecified atom stereocenters. The van der Waals surface area contributed by atoms with Gasteiger partial charge in [0.2, 0.25) is 0 Å². The number of rotatable bonds is 4. The summed E-state index contributed by atoms with van der Waals surface area (Å²) in [5.41, 5.74) is 4.77. The van der Waals surface area contributed by atoms with Crippen LogP contribution < -0.4 is 5.43 Å². The fourth-order valence-electron chi connectivity index (χ4n) is 4.42. The maximum Gasteiger partial charge on any atom is 0.340 e. The summed E-state index contributed by atoms with van der Waals surface area (Å²) >= 11 is 0. The van der Waals surface area contributed by atoms with Crippen LogP contribution >= 0.6 is 0 Å². The molecule has 27 heavy (non-hydrogen) atoms. The van der Waals surface area contributed by atoms with Crippen molar-refractivity contribution in [3.8, 4) is 0 Å². The highest BCUT2D eigenvalue weighted by molar-refractivity contribution is 5.95. The number of carbonyl (C=O) groups excluding carboxylic acids is 2. The van der Waals surface area contributed by atoms with Gasteiger partial charge in [0.15, 0.2) is 12.3 Å². The lowest BCUT2D eigenvalue weighted by molar-refractivity contribution is -0.124. The molecule has 0 saturated heterocycles. The first-order valence-electron chi connectivity index (χ1n) is 9.14. The third-order valence-electron chi connectivity index (χ3n) is 6.69. The lowest BCUT2D eigenvalue weighted by atomic mass is 9.70. The molecular formula is C19H23N5O3. The van der Waals surface area contributed by atoms with Crippen molar-refractivity contribution in [2.45, 2.75) is 40.0 Å². The Morgan fingerprint density at radius 3 is 2.89 bits per heavy atom. The number of hydrazone groups is 1. The lowest BCUT2D eigenvalue weighted by Crippen LogP contribution is -2.34. The molecule has 8 heteroatoms. The monoisotopic (exact) mass is 369 g/mol. The number of ether oxygens (including phenoxy) is 1. The molecule has 0 aliphatic heterocycles. The Morgan fingerprint density at radius 1 is 1.37 bits per heavy atom. The van der Waals surface area contributed by atoms with Crippen LogP contribution in [-0.2, 0) is 9.53 Å². The molecular weight excluding hydrogens is 346 g/mol. The number of nitrogens with zero attached hydrogens (tertiary/aromatic N) is 4. The number of hydrogen-bond donors (Lipinski definition) is 1. The second-order valence-corrected chi connectivity index (χ2v) is 8.18. The van der Waals surface area contributed by atoms with Crippen molar-refractivity contribution < 1.29 is 14.3 Å². The van der Waals surface area contributed by atoms with E-state index in [4.69, 9.17) is 4.74 Å². The van der Waals surface area contributed by atoms with Crippen LogP contribution in [0.5, 0.6) is 0 Å². The van der Waals surface area contributed by atoms with Crippen LogP contribution in [0.2, 0.25) is 0 Å². The van der Waals surface area contributed by atoms with Crippen molar-refractivity contribution >= 4 is 23.2 Å². The number of nitrogens with one attached hydrogen (secondary N) is 1. The van der Waals surface area contributed by atoms with Crippen LogP contribution in [0.1, 0.15) is 50.4 Å². The molecule has 142 valence electrons. The van der Waals surface area contributed by atoms with Gasteiger partial charge in [0.25, 0.3) is 5.91 Å². The smallest absolute Gasteiger partial charge is 0.340 e. The van der Waals surface area contributed by atoms with Gasteiger partial charge in [-0.2, -0.15) is 5.10 Å². The van der Waals surface area contributed by atoms with Gasteiger partial charge < -0.3 is 4.74 Å². The molecule has 2 aromatic heterocycles. The predicted molar refractivity (Wildman–Crippen MR) is 98.1 cm³/mol. The van der Waals surface area contributed by atoms with Crippen LogP contribution in [-0.4, -0.2) is 38.8 Å². The maximum absolute atomic E-state index is 12.1. The molecule has 1 N–H and O–H groups in total. The molecule has 2 heterocycles. The third kappa shape index (κ3) is 2.79. The normalized spacial score (nSPS) is 27.2. The van der Waals surface area contributed by atoms with Crippen molar-refractivity contribution in [1.29, 1.82) is 0 Å². The summed E-state index contributed by atoms with van der Waals surface area (Å²) in [5, 5.41) is 12.0. The third-order valence-corrected chi connectivity index (χ3v) is 6.69. The zero-order valence-corrected chi connectivity index (χ0v) is 15.7. The van der Waals surface area contributed by atoms with Crippen molar-refractivity contribution in [3.05, 3.63) is 30.2 Å². The highest BCUT2D eigenvalue weighted by Gasteiger charge is 2.60. The van der Waals surface area contributed by atoms with Crippen LogP contribution in [0.3, 0.4) is 0 Å². The molecule has 2 aromatic rings. The molecule has 2 fully saturated rings. The average Bonchev–Trinajstić information content (AvgIpc) is 3.25. The fourth-order valence-corrected chi connectivity index (χ4v) is 4.42. The molecule has 2 aliphatic carbocycles. The Bertz CT molecular complexity index is 948. The van der Waals surface area contributed by atoms with E-state index in [1.54, 1.807) is 22.7 Å². The largest absolute Gasteiger partial charge is 0.452 e. The number of hydrogen-bond acceptors (Lipinski definition) is 6. The Kier molecular flexibility index (Phi) is 4.01. The topological polar surface area (TPSA) is 97.9 Å². The summed E-state index contributed by atoms with van der Waals surface area (Å²) in [7, 11) is 0. The van der Waals surface area contributed by atoms with E-state index < -0.39 is 11.9 Å². The Hall–Kier alpha value is -2.77. The minimum Gasteiger partial charge on any atom is -0.452 e. The molecule has 2 aliphatic rings. The van der Waals surface area contributed by atoms with Crippen LogP contribution in [0, 0.1) is 16.7 Å². The molecule has 2 atom stereocenters. The molecule has 0 aromatic carbocycles. The first kappa shape index (κ1) is 17.6. The Labute approximate surface area is 157 Å². The average molecular weight is 369 g/mol. The molecule has 2 saturated carbocycles. The minimum atomic E-state index is -0.582. The van der Waals surface area contributed by atoms with E-state index in [0.717, 1.165) is 18.6 Å². The zero-order valence-electron chi connectivity index (χ0n) is 15.7. The Morgan fingerprint density at radius 2 is 2.19 bits per heavy atom. The second-order valence-electron chi connectivity index (χ2n) is 8.18. The Balaban J connectivity index is 1.34. The number of amides is 1. The van der Waals surface area contributed by atoms with Crippen LogP contribution in [0.25, 0.3) is 5.65 Å². The fraction of sp³-hybridized carbons (Fsp3) is 0.526. The van der Waals surface area contributed by atoms with Gasteiger partial charge in [-0.3, -0.25) is 9.20 Å². The van der Waals surface area contributed by atoms with Crippen molar-refractivity contribution in [2.75, 3.05) is 6.61 Å². The van der Waals surface area contributed by atoms with E-state index in [1.165, 1.54) is 12.7 Å². The van der Waals surface area contributed by atoms with E-state index in [1.807, 2.05) is 0 Å². The van der Waals surface area contributed by atoms with Gasteiger partial charge in [-0.1, -0.05) is 20.8 Å². The van der Waals surface area contributed by atoms with Gasteiger partial charge in [-0.05, 0) is 42.7 Å². The minimum absolute atomic E-state index is 0.0237. The number of esters is 1. The number of fused-ring (bicyclic) bond motifs is 3. The van der Waals surface area contributed by atoms with E-state index in [2.05, 4.69) is 41.5 Å². The van der Waals surface area contributed by atoms with Gasteiger partial charge >= 0.3 is 5.97 Å². The summed E-state index contributed by atoms with van der Waals surface area (Å²) < 4.78 is 6.70. The summed E-state index contributed by atoms with van der Waals surface area (Å²) in [6.45, 7) is 6.41. The van der Waals surface area contributed by atoms with Gasteiger partial charge in [-0.15, -0.1) is 10.2 Å². The number of pyridine rings is 1. The van der Waals surface area contributed by atoms with E-state index in [-0.39, 0.29) is 17.4 Å². The first-order chi connectivity index (χ1) is 12.8. The van der Waals surface area contributed by atoms with Crippen molar-refractivity contribution in [2.24, 2.45) is 21.8 Å². The predicted octanol–water partition coefficient (Wildman–Crippen LogP) is 2.20. The number of carbonyl (C=O) groups is 2. The maximum atomic E-state index is 12.1. The summed E-state index contributed by atoms with van der Waals surface area (Å²) in [6.07, 6.45) is 6.29. The van der Waals surface area contributed by atoms with Crippen LogP contribution in [0.4, 0.5) is 0 Å². The highest BCUT2D eigenvalue weighted by Crippen LogP contribution is 2.63. The highest BCUT2D eigenvalue weighted by atomic mass is 16.5. The zero-order chi connectivity index (χ0) is 19.2. The quantitative estimate of drug-likeness (QED) is 0.658. The van der Waals surface area contributed by atoms with E-state index in [9.17, 15) is 9.59 Å². The number of aromatic nitrogens is 3. The van der Waals surface area contributed by atoms with Crippen molar-refractivity contribution in [1.82, 2.24) is 20.0 Å². The SMILES string of the molecule is CC12CCC(C/C1=N/NC(=O)COC(=O)c1ccc3nncn3c1)C2(C)C. The van der Waals surface area contributed by atoms with Gasteiger partial charge in [0.05, 0.1) is 5.56 Å². The molecule has 2 bridgehead atoms. The van der Waals surface area contributed by atoms with Crippen LogP contribution in [0.15, 0.2) is 29.8 Å². The first-order valence-corrected chi connectivity index (χ1v) is 9.14. The van der Waals surface area contributed by atoms with Gasteiger partial charge in [-0.25, -0.2) is 10.2 Å². The van der Waals surface area contributed by atoms with Gasteiger partial charge in [0, 0.05) is 17.3 Å². The van der Waals surface area contributed by atoms with Gasteiger partial charge in [0.1, 0.15) is 6.33 Å². The molecule has 0 spiro atoms. The van der Waals surface area contributed by atoms with E-state index >= 15 is 0 Å². The summed E-state index contributed by atoms with van der Waals surface area (Å²) in [6, 6.07) is 3.25. The lowest BCUT2D eigenvalue weighted by Gasteiger charge is -2.34. The second kappa shape index (κ2) is 6.14. The molecule has 4 rings (SSSR count). The van der Waals surface area contributed by atoms with E-state index in [0.29, 0.717) is 17.1 Å². The standard InChI is InChI=1S/C19H23N5O3/c1-18(2)13-6-7-19(18,3)14(8-13)21-23-16(25)10-27-17(26)12-4-5-15-22-20-11-24(15)9-12/h4-5,9,11,13H,6-8,10H2,1-3H3,(H,23,25)/b21-14-. The molecule has 1 amide bonds. The summed E-state index contributed by atoms with van der Waals surface area (Å²) in [4.78, 5) is 24.2. The molecule has 8 nitrogen and oxygen atoms in total. The molecule has 0 radical (unpaired) electrons. The summed E-state index contributed by atoms with van der Waals surface area (Å²) in [5.74, 6) is -0.407. The van der Waals surface area contributed by atoms with Crippen molar-refractivity contribution in [3.63, 3.8) is 0 Å².